The first-order chi connectivity index (χ1) is 14.7. The molecule has 1 amide bonds. The molecule has 0 bridgehead atoms. The van der Waals surface area contributed by atoms with Crippen molar-refractivity contribution in [1.82, 2.24) is 15.0 Å². The van der Waals surface area contributed by atoms with Crippen LogP contribution in [0.2, 0.25) is 0 Å². The fourth-order valence-corrected chi connectivity index (χ4v) is 4.68. The Morgan fingerprint density at radius 2 is 2.00 bits per heavy atom. The number of hydrogen-bond donors (Lipinski definition) is 0. The van der Waals surface area contributed by atoms with E-state index in [-0.39, 0.29) is 17.7 Å². The van der Waals surface area contributed by atoms with E-state index in [1.165, 1.54) is 11.8 Å². The Labute approximate surface area is 182 Å². The maximum Gasteiger partial charge on any atom is 0.253 e. The Morgan fingerprint density at radius 3 is 2.70 bits per heavy atom. The Hall–Kier alpha value is -2.91. The summed E-state index contributed by atoms with van der Waals surface area (Å²) in [6.07, 6.45) is 3.92. The second-order valence-corrected chi connectivity index (χ2v) is 8.28. The van der Waals surface area contributed by atoms with Crippen LogP contribution in [0.15, 0.2) is 64.4 Å². The zero-order valence-corrected chi connectivity index (χ0v) is 18.2. The lowest BCUT2D eigenvalue weighted by Gasteiger charge is -2.24. The van der Waals surface area contributed by atoms with Crippen molar-refractivity contribution in [1.29, 1.82) is 0 Å². The predicted molar refractivity (Wildman–Crippen MR) is 117 cm³/mol. The fourth-order valence-electron chi connectivity index (χ4n) is 3.30. The lowest BCUT2D eigenvalue weighted by molar-refractivity contribution is -0.130. The zero-order valence-electron chi connectivity index (χ0n) is 16.5. The first-order valence-electron chi connectivity index (χ1n) is 9.25. The van der Waals surface area contributed by atoms with Crippen LogP contribution >= 0.6 is 23.1 Å². The number of benzene rings is 1. The number of rotatable bonds is 7. The van der Waals surface area contributed by atoms with E-state index in [0.717, 1.165) is 16.2 Å². The molecule has 9 heteroatoms. The predicted octanol–water partition coefficient (Wildman–Crippen LogP) is 4.03. The van der Waals surface area contributed by atoms with Crippen LogP contribution in [0, 0.1) is 0 Å². The van der Waals surface area contributed by atoms with Gasteiger partial charge in [-0.15, -0.1) is 11.3 Å². The molecule has 0 fully saturated rings. The van der Waals surface area contributed by atoms with Crippen molar-refractivity contribution in [2.24, 2.45) is 5.10 Å². The topological polar surface area (TPSA) is 76.9 Å². The number of ether oxygens (including phenoxy) is 2. The highest BCUT2D eigenvalue weighted by atomic mass is 32.2. The van der Waals surface area contributed by atoms with E-state index >= 15 is 0 Å². The molecule has 0 radical (unpaired) electrons. The molecular formula is C21H20N4O3S2. The van der Waals surface area contributed by atoms with Crippen LogP contribution in [-0.4, -0.2) is 46.6 Å². The third kappa shape index (κ3) is 4.17. The summed E-state index contributed by atoms with van der Waals surface area (Å²) >= 11 is 2.90. The molecule has 30 heavy (non-hydrogen) atoms. The van der Waals surface area contributed by atoms with Gasteiger partial charge in [-0.05, 0) is 23.6 Å². The van der Waals surface area contributed by atoms with Crippen molar-refractivity contribution < 1.29 is 14.3 Å². The highest BCUT2D eigenvalue weighted by Gasteiger charge is 2.35. The van der Waals surface area contributed by atoms with E-state index in [0.29, 0.717) is 23.1 Å². The Morgan fingerprint density at radius 1 is 1.17 bits per heavy atom. The van der Waals surface area contributed by atoms with Gasteiger partial charge in [-0.2, -0.15) is 5.10 Å². The monoisotopic (exact) mass is 440 g/mol. The molecule has 154 valence electrons. The Balaban J connectivity index is 1.64. The van der Waals surface area contributed by atoms with Gasteiger partial charge in [0.25, 0.3) is 5.91 Å². The minimum atomic E-state index is -0.281. The minimum Gasteiger partial charge on any atom is -0.493 e. The van der Waals surface area contributed by atoms with Crippen LogP contribution in [-0.2, 0) is 4.79 Å². The largest absolute Gasteiger partial charge is 0.493 e. The molecule has 0 unspecified atom stereocenters. The molecule has 7 nitrogen and oxygen atoms in total. The average molecular weight is 441 g/mol. The summed E-state index contributed by atoms with van der Waals surface area (Å²) in [4.78, 5) is 22.5. The Bertz CT molecular complexity index is 1040. The van der Waals surface area contributed by atoms with Gasteiger partial charge in [0, 0.05) is 24.4 Å². The number of nitrogens with zero attached hydrogens (tertiary/aromatic N) is 4. The first-order valence-corrected chi connectivity index (χ1v) is 11.1. The molecule has 1 aliphatic heterocycles. The van der Waals surface area contributed by atoms with E-state index in [1.54, 1.807) is 49.0 Å². The highest BCUT2D eigenvalue weighted by molar-refractivity contribution is 7.99. The van der Waals surface area contributed by atoms with Gasteiger partial charge in [-0.25, -0.2) is 15.0 Å². The van der Waals surface area contributed by atoms with E-state index in [2.05, 4.69) is 9.97 Å². The van der Waals surface area contributed by atoms with Crippen molar-refractivity contribution in [2.45, 2.75) is 17.6 Å². The molecule has 3 aromatic rings. The van der Waals surface area contributed by atoms with Gasteiger partial charge < -0.3 is 9.47 Å². The molecule has 4 rings (SSSR count). The van der Waals surface area contributed by atoms with Crippen LogP contribution < -0.4 is 9.47 Å². The summed E-state index contributed by atoms with van der Waals surface area (Å²) in [6, 6.07) is 11.2. The molecule has 0 spiro atoms. The molecule has 3 heterocycles. The lowest BCUT2D eigenvalue weighted by atomic mass is 9.99. The van der Waals surface area contributed by atoms with Crippen molar-refractivity contribution in [3.05, 3.63) is 64.6 Å². The van der Waals surface area contributed by atoms with Crippen LogP contribution in [0.4, 0.5) is 0 Å². The first kappa shape index (κ1) is 20.4. The third-order valence-corrected chi connectivity index (χ3v) is 6.41. The van der Waals surface area contributed by atoms with Crippen LogP contribution in [0.3, 0.4) is 0 Å². The summed E-state index contributed by atoms with van der Waals surface area (Å²) in [6.45, 7) is 0. The second kappa shape index (κ2) is 9.27. The summed E-state index contributed by atoms with van der Waals surface area (Å²) in [5.74, 6) is 1.31. The molecule has 0 saturated heterocycles. The molecule has 0 saturated carbocycles. The van der Waals surface area contributed by atoms with Gasteiger partial charge in [0.2, 0.25) is 0 Å². The summed E-state index contributed by atoms with van der Waals surface area (Å²) < 4.78 is 11.1. The standard InChI is InChI=1S/C21H20N4O3S2/c1-27-17-7-3-6-14(20(17)28-2)16-12-15(18-8-4-11-29-18)24-25(16)19(26)13-30-21-22-9-5-10-23-21/h3-11,16H,12-13H2,1-2H3/t16-/m1/s1. The van der Waals surface area contributed by atoms with E-state index in [4.69, 9.17) is 14.6 Å². The number of amides is 1. The quantitative estimate of drug-likeness (QED) is 0.408. The molecule has 1 atom stereocenters. The van der Waals surface area contributed by atoms with Crippen molar-refractivity contribution in [3.8, 4) is 11.5 Å². The molecular weight excluding hydrogens is 420 g/mol. The smallest absolute Gasteiger partial charge is 0.253 e. The second-order valence-electron chi connectivity index (χ2n) is 6.39. The number of carbonyl (C=O) groups excluding carboxylic acids is 1. The molecule has 1 aliphatic rings. The summed E-state index contributed by atoms with van der Waals surface area (Å²) in [5.41, 5.74) is 1.75. The molecule has 1 aromatic carbocycles. The number of para-hydroxylation sites is 1. The van der Waals surface area contributed by atoms with Crippen molar-refractivity contribution in [3.63, 3.8) is 0 Å². The lowest BCUT2D eigenvalue weighted by Crippen LogP contribution is -2.29. The normalized spacial score (nSPS) is 15.7. The summed E-state index contributed by atoms with van der Waals surface area (Å²) in [7, 11) is 3.20. The average Bonchev–Trinajstić information content (AvgIpc) is 3.47. The molecule has 0 N–H and O–H groups in total. The van der Waals surface area contributed by atoms with Crippen molar-refractivity contribution in [2.75, 3.05) is 20.0 Å². The number of thioether (sulfide) groups is 1. The number of methoxy groups -OCH3 is 2. The molecule has 0 aliphatic carbocycles. The van der Waals surface area contributed by atoms with Crippen LogP contribution in [0.25, 0.3) is 0 Å². The number of thiophene rings is 1. The third-order valence-electron chi connectivity index (χ3n) is 4.63. The van der Waals surface area contributed by atoms with Gasteiger partial charge in [0.15, 0.2) is 16.7 Å². The SMILES string of the molecule is COc1cccc([C@H]2CC(c3cccs3)=NN2C(=O)CSc2ncccn2)c1OC. The van der Waals surface area contributed by atoms with Gasteiger partial charge >= 0.3 is 0 Å². The van der Waals surface area contributed by atoms with Gasteiger partial charge in [0.05, 0.1) is 36.6 Å². The van der Waals surface area contributed by atoms with E-state index < -0.39 is 0 Å². The number of hydrogen-bond acceptors (Lipinski definition) is 8. The number of carbonyl (C=O) groups is 1. The highest BCUT2D eigenvalue weighted by Crippen LogP contribution is 2.42. The van der Waals surface area contributed by atoms with Crippen molar-refractivity contribution >= 4 is 34.7 Å². The van der Waals surface area contributed by atoms with Gasteiger partial charge in [-0.3, -0.25) is 4.79 Å². The van der Waals surface area contributed by atoms with Gasteiger partial charge in [0.1, 0.15) is 0 Å². The fraction of sp³-hybridized carbons (Fsp3) is 0.238. The number of aromatic nitrogens is 2. The maximum absolute atomic E-state index is 13.1. The van der Waals surface area contributed by atoms with Gasteiger partial charge in [-0.1, -0.05) is 30.0 Å². The van der Waals surface area contributed by atoms with Crippen LogP contribution in [0.1, 0.15) is 22.9 Å². The number of hydrazone groups is 1. The van der Waals surface area contributed by atoms with E-state index in [9.17, 15) is 4.79 Å². The maximum atomic E-state index is 13.1. The molecule has 2 aromatic heterocycles. The Kier molecular flexibility index (Phi) is 6.29. The van der Waals surface area contributed by atoms with E-state index in [1.807, 2.05) is 35.7 Å². The summed E-state index contributed by atoms with van der Waals surface area (Å²) in [5, 5.41) is 8.81. The zero-order chi connectivity index (χ0) is 20.9. The van der Waals surface area contributed by atoms with Crippen LogP contribution in [0.5, 0.6) is 11.5 Å². The minimum absolute atomic E-state index is 0.117.